The molecule has 1 aliphatic heterocycles. The zero-order chi connectivity index (χ0) is 22.0. The zero-order valence-electron chi connectivity index (χ0n) is 17.2. The van der Waals surface area contributed by atoms with Crippen LogP contribution in [0.3, 0.4) is 0 Å². The minimum atomic E-state index is -0.602. The second kappa shape index (κ2) is 8.63. The first-order valence-corrected chi connectivity index (χ1v) is 10.3. The number of carbonyl (C=O) groups is 1. The number of fused-ring (bicyclic) bond motifs is 1. The summed E-state index contributed by atoms with van der Waals surface area (Å²) in [6.45, 7) is 2.57. The Labute approximate surface area is 179 Å². The van der Waals surface area contributed by atoms with Crippen molar-refractivity contribution in [3.63, 3.8) is 0 Å². The second-order valence-corrected chi connectivity index (χ2v) is 7.65. The van der Waals surface area contributed by atoms with Crippen molar-refractivity contribution in [2.24, 2.45) is 0 Å². The molecule has 1 amide bonds. The van der Waals surface area contributed by atoms with E-state index in [9.17, 15) is 19.1 Å². The molecular formula is C24H24FN3O3. The fourth-order valence-corrected chi connectivity index (χ4v) is 4.00. The molecule has 6 nitrogen and oxygen atoms in total. The van der Waals surface area contributed by atoms with Crippen LogP contribution in [0.25, 0.3) is 0 Å². The highest BCUT2D eigenvalue weighted by Crippen LogP contribution is 2.30. The van der Waals surface area contributed by atoms with Crippen LogP contribution in [-0.2, 0) is 6.54 Å². The number of carbonyl (C=O) groups excluding carboxylic acids is 1. The third-order valence-corrected chi connectivity index (χ3v) is 5.53. The average Bonchev–Trinajstić information content (AvgIpc) is 2.78. The molecule has 4 rings (SSSR count). The van der Waals surface area contributed by atoms with E-state index in [0.29, 0.717) is 0 Å². The van der Waals surface area contributed by atoms with E-state index in [0.717, 1.165) is 24.0 Å². The van der Waals surface area contributed by atoms with Crippen molar-refractivity contribution in [1.82, 2.24) is 9.58 Å². The number of amides is 1. The van der Waals surface area contributed by atoms with Gasteiger partial charge in [0, 0.05) is 18.8 Å². The van der Waals surface area contributed by atoms with E-state index < -0.39 is 17.1 Å². The van der Waals surface area contributed by atoms with Crippen LogP contribution in [-0.4, -0.2) is 27.3 Å². The van der Waals surface area contributed by atoms with Gasteiger partial charge in [-0.25, -0.2) is 4.39 Å². The van der Waals surface area contributed by atoms with E-state index >= 15 is 0 Å². The van der Waals surface area contributed by atoms with Crippen LogP contribution in [0.15, 0.2) is 71.7 Å². The van der Waals surface area contributed by atoms with Gasteiger partial charge in [0.2, 0.25) is 5.43 Å². The van der Waals surface area contributed by atoms with Crippen LogP contribution in [0.1, 0.15) is 47.4 Å². The van der Waals surface area contributed by atoms with Crippen LogP contribution >= 0.6 is 0 Å². The lowest BCUT2D eigenvalue weighted by atomic mass is 10.0. The van der Waals surface area contributed by atoms with E-state index in [1.807, 2.05) is 35.3 Å². The summed E-state index contributed by atoms with van der Waals surface area (Å²) in [4.78, 5) is 26.9. The summed E-state index contributed by atoms with van der Waals surface area (Å²) in [5, 5.41) is 12.5. The topological polar surface area (TPSA) is 65.8 Å². The van der Waals surface area contributed by atoms with Crippen molar-refractivity contribution >= 4 is 5.91 Å². The third-order valence-electron chi connectivity index (χ3n) is 5.53. The van der Waals surface area contributed by atoms with Gasteiger partial charge in [-0.3, -0.25) is 19.3 Å². The van der Waals surface area contributed by atoms with E-state index in [4.69, 9.17) is 0 Å². The molecule has 1 aromatic heterocycles. The molecule has 2 aromatic carbocycles. The molecule has 31 heavy (non-hydrogen) atoms. The Morgan fingerprint density at radius 1 is 1.03 bits per heavy atom. The molecule has 0 bridgehead atoms. The highest BCUT2D eigenvalue weighted by atomic mass is 19.1. The molecule has 1 aliphatic rings. The van der Waals surface area contributed by atoms with Crippen molar-refractivity contribution in [3.8, 4) is 5.75 Å². The summed E-state index contributed by atoms with van der Waals surface area (Å²) >= 11 is 0. The molecule has 2 heterocycles. The first-order valence-electron chi connectivity index (χ1n) is 10.3. The number of pyridine rings is 1. The van der Waals surface area contributed by atoms with Crippen LogP contribution in [0.2, 0.25) is 0 Å². The van der Waals surface area contributed by atoms with Gasteiger partial charge in [0.15, 0.2) is 11.4 Å². The van der Waals surface area contributed by atoms with Crippen LogP contribution in [0, 0.1) is 5.82 Å². The Hall–Kier alpha value is -3.61. The first kappa shape index (κ1) is 20.7. The van der Waals surface area contributed by atoms with E-state index in [2.05, 4.69) is 6.92 Å². The van der Waals surface area contributed by atoms with E-state index in [1.165, 1.54) is 24.4 Å². The number of benzene rings is 2. The monoisotopic (exact) mass is 421 g/mol. The largest absolute Gasteiger partial charge is 0.502 e. The lowest BCUT2D eigenvalue weighted by Gasteiger charge is -2.44. The second-order valence-electron chi connectivity index (χ2n) is 7.65. The lowest BCUT2D eigenvalue weighted by Crippen LogP contribution is -2.55. The Morgan fingerprint density at radius 2 is 1.74 bits per heavy atom. The number of halogens is 1. The van der Waals surface area contributed by atoms with Crippen molar-refractivity contribution in [1.29, 1.82) is 0 Å². The highest BCUT2D eigenvalue weighted by Gasteiger charge is 2.35. The predicted octanol–water partition coefficient (Wildman–Crippen LogP) is 3.79. The minimum Gasteiger partial charge on any atom is -0.502 e. The zero-order valence-corrected chi connectivity index (χ0v) is 17.2. The summed E-state index contributed by atoms with van der Waals surface area (Å²) in [5.41, 5.74) is 1.17. The number of nitrogens with zero attached hydrogens (tertiary/aromatic N) is 3. The predicted molar refractivity (Wildman–Crippen MR) is 116 cm³/mol. The maximum absolute atomic E-state index is 13.3. The van der Waals surface area contributed by atoms with Crippen molar-refractivity contribution < 1.29 is 14.3 Å². The van der Waals surface area contributed by atoms with E-state index in [1.54, 1.807) is 21.7 Å². The van der Waals surface area contributed by atoms with Gasteiger partial charge in [-0.05, 0) is 29.7 Å². The van der Waals surface area contributed by atoms with Crippen LogP contribution in [0.4, 0.5) is 4.39 Å². The van der Waals surface area contributed by atoms with Gasteiger partial charge < -0.3 is 10.0 Å². The molecule has 0 spiro atoms. The van der Waals surface area contributed by atoms with Crippen LogP contribution < -0.4 is 10.4 Å². The fourth-order valence-electron chi connectivity index (χ4n) is 4.00. The van der Waals surface area contributed by atoms with Gasteiger partial charge in [-0.1, -0.05) is 55.8 Å². The van der Waals surface area contributed by atoms with Gasteiger partial charge in [0.1, 0.15) is 12.5 Å². The molecule has 0 unspecified atom stereocenters. The van der Waals surface area contributed by atoms with Gasteiger partial charge in [0.25, 0.3) is 5.91 Å². The summed E-state index contributed by atoms with van der Waals surface area (Å²) < 4.78 is 14.9. The van der Waals surface area contributed by atoms with Crippen LogP contribution in [0.5, 0.6) is 5.75 Å². The smallest absolute Gasteiger partial charge is 0.278 e. The number of rotatable bonds is 6. The highest BCUT2D eigenvalue weighted by molar-refractivity contribution is 5.96. The molecular weight excluding hydrogens is 397 g/mol. The van der Waals surface area contributed by atoms with Crippen molar-refractivity contribution in [2.45, 2.75) is 32.4 Å². The molecule has 0 radical (unpaired) electrons. The number of hydrogen-bond acceptors (Lipinski definition) is 4. The molecule has 1 atom stereocenters. The fraction of sp³-hybridized carbons (Fsp3) is 0.250. The molecule has 1 N–H and O–H groups in total. The maximum atomic E-state index is 13.3. The normalized spacial score (nSPS) is 14.5. The van der Waals surface area contributed by atoms with Crippen molar-refractivity contribution in [2.75, 3.05) is 11.7 Å². The lowest BCUT2D eigenvalue weighted by molar-refractivity contribution is 0.0659. The number of hydrogen-bond donors (Lipinski definition) is 1. The average molecular weight is 421 g/mol. The van der Waals surface area contributed by atoms with E-state index in [-0.39, 0.29) is 30.8 Å². The minimum absolute atomic E-state index is 0.0575. The Bertz CT molecular complexity index is 1130. The standard InChI is InChI=1S/C24H24FN3O3/c1-2-6-20(18-7-4-3-5-8-18)28-16-26(15-17-9-11-19(25)12-10-17)24(31)22-23(30)21(29)13-14-27(22)28/h3-5,7-14,20,30H,2,6,15-16H2,1H3/t20-/m0/s1. The third kappa shape index (κ3) is 4.03. The summed E-state index contributed by atoms with van der Waals surface area (Å²) in [6.07, 6.45) is 3.26. The summed E-state index contributed by atoms with van der Waals surface area (Å²) in [6, 6.07) is 17.1. The summed E-state index contributed by atoms with van der Waals surface area (Å²) in [5.74, 6) is -1.36. The van der Waals surface area contributed by atoms with Gasteiger partial charge in [-0.15, -0.1) is 0 Å². The molecule has 0 saturated carbocycles. The van der Waals surface area contributed by atoms with Gasteiger partial charge in [-0.2, -0.15) is 0 Å². The van der Waals surface area contributed by atoms with Gasteiger partial charge >= 0.3 is 0 Å². The Morgan fingerprint density at radius 3 is 2.42 bits per heavy atom. The first-order chi connectivity index (χ1) is 15.0. The van der Waals surface area contributed by atoms with Crippen molar-refractivity contribution in [3.05, 3.63) is 99.7 Å². The molecule has 160 valence electrons. The number of aromatic nitrogens is 1. The molecule has 7 heteroatoms. The molecule has 3 aromatic rings. The SMILES string of the molecule is CCC[C@@H](c1ccccc1)N1CN(Cc2ccc(F)cc2)C(=O)c2c(O)c(=O)ccn21. The summed E-state index contributed by atoms with van der Waals surface area (Å²) in [7, 11) is 0. The maximum Gasteiger partial charge on any atom is 0.278 e. The molecule has 0 saturated heterocycles. The quantitative estimate of drug-likeness (QED) is 0.658. The molecule has 0 aliphatic carbocycles. The Balaban J connectivity index is 1.79. The molecule has 0 fully saturated rings. The van der Waals surface area contributed by atoms with Gasteiger partial charge in [0.05, 0.1) is 6.04 Å². The number of aromatic hydroxyl groups is 1. The Kier molecular flexibility index (Phi) is 5.75.